The number of hydrogen-bond donors (Lipinski definition) is 1. The maximum atomic E-state index is 13.3. The van der Waals surface area contributed by atoms with E-state index in [-0.39, 0.29) is 11.7 Å². The Morgan fingerprint density at radius 2 is 1.93 bits per heavy atom. The highest BCUT2D eigenvalue weighted by Crippen LogP contribution is 2.45. The summed E-state index contributed by atoms with van der Waals surface area (Å²) in [6.45, 7) is 4.26. The smallest absolute Gasteiger partial charge is 0.228 e. The van der Waals surface area contributed by atoms with Gasteiger partial charge >= 0.3 is 0 Å². The van der Waals surface area contributed by atoms with E-state index in [0.717, 1.165) is 29.0 Å². The third-order valence-electron chi connectivity index (χ3n) is 6.54. The summed E-state index contributed by atoms with van der Waals surface area (Å²) in [5, 5.41) is 0. The lowest BCUT2D eigenvalue weighted by Crippen LogP contribution is -2.35. The molecule has 0 aliphatic heterocycles. The van der Waals surface area contributed by atoms with Crippen LogP contribution in [0.2, 0.25) is 0 Å². The van der Waals surface area contributed by atoms with Crippen molar-refractivity contribution < 1.29 is 9.21 Å². The average Bonchev–Trinajstić information content (AvgIpc) is 3.18. The van der Waals surface area contributed by atoms with E-state index in [1.165, 1.54) is 5.57 Å². The highest BCUT2D eigenvalue weighted by atomic mass is 16.4. The summed E-state index contributed by atoms with van der Waals surface area (Å²) in [6.07, 6.45) is 15.2. The van der Waals surface area contributed by atoms with Crippen molar-refractivity contribution in [2.24, 2.45) is 23.5 Å². The number of carbonyl (C=O) groups is 1. The quantitative estimate of drug-likeness (QED) is 0.761. The Balaban J connectivity index is 1.43. The number of rotatable bonds is 1. The summed E-state index contributed by atoms with van der Waals surface area (Å²) in [5.74, 6) is 1.08. The number of hydrogen-bond acceptors (Lipinski definition) is 4. The Labute approximate surface area is 174 Å². The van der Waals surface area contributed by atoms with E-state index in [0.29, 0.717) is 28.6 Å². The first-order valence-electron chi connectivity index (χ1n) is 10.2. The molecule has 2 N–H and O–H groups in total. The molecular formula is C26H20N2O2. The van der Waals surface area contributed by atoms with Crippen LogP contribution in [0.3, 0.4) is 0 Å². The van der Waals surface area contributed by atoms with Crippen LogP contribution in [0.15, 0.2) is 83.0 Å². The largest absolute Gasteiger partial charge is 0.440 e. The zero-order valence-electron chi connectivity index (χ0n) is 16.3. The molecule has 6 rings (SSSR count). The van der Waals surface area contributed by atoms with E-state index in [4.69, 9.17) is 15.1 Å². The Morgan fingerprint density at radius 3 is 2.80 bits per heavy atom. The fourth-order valence-corrected chi connectivity index (χ4v) is 4.95. The van der Waals surface area contributed by atoms with Gasteiger partial charge in [-0.15, -0.1) is 0 Å². The fourth-order valence-electron chi connectivity index (χ4n) is 4.95. The maximum Gasteiger partial charge on any atom is 0.228 e. The number of oxazole rings is 1. The van der Waals surface area contributed by atoms with Crippen LogP contribution >= 0.6 is 0 Å². The number of Topliss-reactive ketones (excluding diaryl/α,β-unsaturated/α-hetero) is 1. The van der Waals surface area contributed by atoms with Gasteiger partial charge in [0.1, 0.15) is 11.5 Å². The highest BCUT2D eigenvalue weighted by molar-refractivity contribution is 6.09. The van der Waals surface area contributed by atoms with Crippen LogP contribution in [-0.2, 0) is 6.42 Å². The summed E-state index contributed by atoms with van der Waals surface area (Å²) in [4.78, 5) is 18.0. The number of aromatic nitrogens is 1. The standard InChI is InChI=1S/C26H20N2O2/c1-14-17-8-4-5-9-19(17)25(29)23-18(14)10-11-20(24(23)27)26-28-21-12-15-6-2-3-7-16(15)13-22(21)30-26/h2-12,16,18,23H,1,13,27H2. The zero-order chi connectivity index (χ0) is 20.4. The van der Waals surface area contributed by atoms with Gasteiger partial charge in [0, 0.05) is 29.5 Å². The molecule has 2 aromatic rings. The number of benzene rings is 1. The summed E-state index contributed by atoms with van der Waals surface area (Å²) in [7, 11) is 0. The van der Waals surface area contributed by atoms with Crippen molar-refractivity contribution in [3.63, 3.8) is 0 Å². The van der Waals surface area contributed by atoms with Crippen molar-refractivity contribution in [3.05, 3.63) is 107 Å². The molecule has 30 heavy (non-hydrogen) atoms. The second kappa shape index (κ2) is 6.17. The van der Waals surface area contributed by atoms with Gasteiger partial charge < -0.3 is 10.2 Å². The number of fused-ring (bicyclic) bond motifs is 4. The lowest BCUT2D eigenvalue weighted by Gasteiger charge is -2.35. The molecule has 0 spiro atoms. The molecule has 0 fully saturated rings. The molecule has 0 radical (unpaired) electrons. The first-order chi connectivity index (χ1) is 14.6. The first-order valence-corrected chi connectivity index (χ1v) is 10.2. The molecule has 0 saturated carbocycles. The van der Waals surface area contributed by atoms with Gasteiger partial charge in [-0.2, -0.15) is 0 Å². The van der Waals surface area contributed by atoms with Crippen molar-refractivity contribution in [2.75, 3.05) is 0 Å². The van der Waals surface area contributed by atoms with Crippen LogP contribution in [0.5, 0.6) is 0 Å². The molecule has 0 amide bonds. The van der Waals surface area contributed by atoms with Crippen LogP contribution in [0.4, 0.5) is 0 Å². The molecular weight excluding hydrogens is 372 g/mol. The van der Waals surface area contributed by atoms with Crippen LogP contribution < -0.4 is 5.73 Å². The summed E-state index contributed by atoms with van der Waals surface area (Å²) in [5.41, 5.74) is 12.4. The third-order valence-corrected chi connectivity index (χ3v) is 6.54. The van der Waals surface area contributed by atoms with Gasteiger partial charge in [0.2, 0.25) is 5.89 Å². The topological polar surface area (TPSA) is 69.1 Å². The van der Waals surface area contributed by atoms with E-state index in [1.807, 2.05) is 42.5 Å². The minimum absolute atomic E-state index is 0.0297. The van der Waals surface area contributed by atoms with Gasteiger partial charge in [-0.3, -0.25) is 4.79 Å². The van der Waals surface area contributed by atoms with Crippen molar-refractivity contribution >= 4 is 23.0 Å². The number of nitrogens with two attached hydrogens (primary N) is 1. The minimum atomic E-state index is -0.469. The molecule has 3 atom stereocenters. The molecule has 4 heteroatoms. The first kappa shape index (κ1) is 17.2. The molecule has 3 unspecified atom stereocenters. The lowest BCUT2D eigenvalue weighted by molar-refractivity contribution is 0.0920. The predicted octanol–water partition coefficient (Wildman–Crippen LogP) is 4.74. The molecule has 146 valence electrons. The normalized spacial score (nSPS) is 26.1. The molecule has 4 aliphatic rings. The number of nitrogens with zero attached hydrogens (tertiary/aromatic N) is 1. The molecule has 1 aromatic carbocycles. The van der Waals surface area contributed by atoms with E-state index < -0.39 is 5.92 Å². The zero-order valence-corrected chi connectivity index (χ0v) is 16.3. The Bertz CT molecular complexity index is 1280. The Kier molecular flexibility index (Phi) is 3.54. The van der Waals surface area contributed by atoms with E-state index in [9.17, 15) is 4.79 Å². The monoisotopic (exact) mass is 392 g/mol. The second-order valence-electron chi connectivity index (χ2n) is 8.19. The summed E-state index contributed by atoms with van der Waals surface area (Å²) < 4.78 is 6.14. The van der Waals surface area contributed by atoms with Crippen LogP contribution in [0.1, 0.15) is 33.3 Å². The third kappa shape index (κ3) is 2.34. The average molecular weight is 392 g/mol. The van der Waals surface area contributed by atoms with Crippen LogP contribution in [0, 0.1) is 17.8 Å². The van der Waals surface area contributed by atoms with E-state index in [2.05, 4.69) is 30.9 Å². The summed E-state index contributed by atoms with van der Waals surface area (Å²) in [6, 6.07) is 7.61. The SMILES string of the molecule is C=C1c2ccccc2C(=O)C2C(N)=C(c3nc4c(o3)CC3C=CC=CC3=C4)C=CC12. The van der Waals surface area contributed by atoms with Gasteiger partial charge in [0.25, 0.3) is 0 Å². The molecule has 4 nitrogen and oxygen atoms in total. The molecule has 1 heterocycles. The lowest BCUT2D eigenvalue weighted by atomic mass is 9.68. The number of ketones is 1. The molecule has 4 aliphatic carbocycles. The minimum Gasteiger partial charge on any atom is -0.440 e. The van der Waals surface area contributed by atoms with E-state index >= 15 is 0 Å². The number of carbonyl (C=O) groups excluding carboxylic acids is 1. The fraction of sp³-hybridized carbons (Fsp3) is 0.154. The summed E-state index contributed by atoms with van der Waals surface area (Å²) >= 11 is 0. The maximum absolute atomic E-state index is 13.3. The van der Waals surface area contributed by atoms with Gasteiger partial charge in [0.15, 0.2) is 5.78 Å². The van der Waals surface area contributed by atoms with Gasteiger partial charge in [-0.25, -0.2) is 4.98 Å². The molecule has 0 saturated heterocycles. The Morgan fingerprint density at radius 1 is 1.10 bits per heavy atom. The molecule has 0 bridgehead atoms. The van der Waals surface area contributed by atoms with Crippen molar-refractivity contribution in [3.8, 4) is 0 Å². The van der Waals surface area contributed by atoms with Crippen LogP contribution in [0.25, 0.3) is 17.2 Å². The van der Waals surface area contributed by atoms with E-state index in [1.54, 1.807) is 0 Å². The number of allylic oxidation sites excluding steroid dienone is 10. The predicted molar refractivity (Wildman–Crippen MR) is 117 cm³/mol. The van der Waals surface area contributed by atoms with Gasteiger partial charge in [-0.05, 0) is 22.8 Å². The van der Waals surface area contributed by atoms with Crippen LogP contribution in [-0.4, -0.2) is 10.8 Å². The van der Waals surface area contributed by atoms with Crippen molar-refractivity contribution in [2.45, 2.75) is 6.42 Å². The second-order valence-corrected chi connectivity index (χ2v) is 8.19. The van der Waals surface area contributed by atoms with Gasteiger partial charge in [0.05, 0.1) is 11.5 Å². The highest BCUT2D eigenvalue weighted by Gasteiger charge is 2.41. The van der Waals surface area contributed by atoms with Crippen molar-refractivity contribution in [1.29, 1.82) is 0 Å². The van der Waals surface area contributed by atoms with Crippen molar-refractivity contribution in [1.82, 2.24) is 4.98 Å². The Hall–Kier alpha value is -3.66. The van der Waals surface area contributed by atoms with Gasteiger partial charge in [-0.1, -0.05) is 67.3 Å². The molecule has 1 aromatic heterocycles.